The van der Waals surface area contributed by atoms with E-state index in [1.807, 2.05) is 6.92 Å². The Balaban J connectivity index is 2.52. The number of hydrogen-bond donors (Lipinski definition) is 3. The highest BCUT2D eigenvalue weighted by Gasteiger charge is 2.43. The van der Waals surface area contributed by atoms with Crippen molar-refractivity contribution in [2.45, 2.75) is 44.0 Å². The average Bonchev–Trinajstić information content (AvgIpc) is 2.23. The molecule has 1 fully saturated rings. The van der Waals surface area contributed by atoms with Crippen molar-refractivity contribution in [2.75, 3.05) is 20.3 Å². The molecule has 0 bridgehead atoms. The minimum atomic E-state index is -0.784. The lowest BCUT2D eigenvalue weighted by Gasteiger charge is -2.41. The summed E-state index contributed by atoms with van der Waals surface area (Å²) in [4.78, 5) is 0. The van der Waals surface area contributed by atoms with Crippen LogP contribution in [-0.2, 0) is 9.47 Å². The van der Waals surface area contributed by atoms with Crippen LogP contribution in [0.3, 0.4) is 0 Å². The number of hydroxylamine groups is 1. The molecular formula is C10H22NO4+. The molecular weight excluding hydrogens is 198 g/mol. The lowest BCUT2D eigenvalue weighted by Crippen LogP contribution is -2.85. The lowest BCUT2D eigenvalue weighted by atomic mass is 9.81. The van der Waals surface area contributed by atoms with Gasteiger partial charge in [-0.1, -0.05) is 0 Å². The summed E-state index contributed by atoms with van der Waals surface area (Å²) in [5, 5.41) is 18.8. The molecule has 0 aliphatic heterocycles. The van der Waals surface area contributed by atoms with Crippen LogP contribution in [0.15, 0.2) is 0 Å². The summed E-state index contributed by atoms with van der Waals surface area (Å²) < 4.78 is 11.0. The number of methoxy groups -OCH3 is 1. The van der Waals surface area contributed by atoms with E-state index in [0.717, 1.165) is 5.48 Å². The molecule has 0 saturated heterocycles. The van der Waals surface area contributed by atoms with Gasteiger partial charge in [0.1, 0.15) is 12.1 Å². The van der Waals surface area contributed by atoms with Crippen molar-refractivity contribution in [3.8, 4) is 0 Å². The van der Waals surface area contributed by atoms with Gasteiger partial charge in [-0.2, -0.15) is 0 Å². The van der Waals surface area contributed by atoms with Gasteiger partial charge in [-0.3, -0.25) is 0 Å². The standard InChI is InChI=1S/C10H21NO4/c1-3-15-10(14-2)6-4-9(12,5-7-10)8-11-13/h11-13H,3-8H2,1-2H3/p+1. The van der Waals surface area contributed by atoms with E-state index < -0.39 is 11.4 Å². The highest BCUT2D eigenvalue weighted by atomic mass is 16.7. The van der Waals surface area contributed by atoms with Crippen LogP contribution in [0.1, 0.15) is 32.6 Å². The van der Waals surface area contributed by atoms with Crippen molar-refractivity contribution in [3.05, 3.63) is 0 Å². The molecule has 0 aromatic rings. The fraction of sp³-hybridized carbons (Fsp3) is 1.00. The number of ether oxygens (including phenoxy) is 2. The Labute approximate surface area is 90.3 Å². The molecule has 90 valence electrons. The van der Waals surface area contributed by atoms with Gasteiger partial charge in [0.15, 0.2) is 5.79 Å². The number of aliphatic hydroxyl groups is 1. The molecule has 0 radical (unpaired) electrons. The van der Waals surface area contributed by atoms with Gasteiger partial charge in [0.25, 0.3) is 0 Å². The van der Waals surface area contributed by atoms with Gasteiger partial charge in [-0.15, -0.1) is 0 Å². The molecule has 1 aliphatic rings. The average molecular weight is 220 g/mol. The van der Waals surface area contributed by atoms with E-state index in [1.54, 1.807) is 7.11 Å². The monoisotopic (exact) mass is 220 g/mol. The lowest BCUT2D eigenvalue weighted by molar-refractivity contribution is -0.892. The molecule has 0 aromatic heterocycles. The van der Waals surface area contributed by atoms with Crippen LogP contribution in [0.25, 0.3) is 0 Å². The molecule has 5 nitrogen and oxygen atoms in total. The van der Waals surface area contributed by atoms with Gasteiger partial charge in [-0.25, -0.2) is 10.7 Å². The van der Waals surface area contributed by atoms with E-state index in [9.17, 15) is 5.11 Å². The highest BCUT2D eigenvalue weighted by Crippen LogP contribution is 2.37. The number of quaternary nitrogens is 1. The Morgan fingerprint density at radius 2 is 1.87 bits per heavy atom. The van der Waals surface area contributed by atoms with Crippen LogP contribution >= 0.6 is 0 Å². The fourth-order valence-corrected chi connectivity index (χ4v) is 2.14. The normalized spacial score (nSPS) is 36.8. The smallest absolute Gasteiger partial charge is 0.168 e. The maximum atomic E-state index is 10.1. The number of nitrogens with two attached hydrogens (primary N) is 1. The number of rotatable bonds is 5. The Bertz CT molecular complexity index is 190. The van der Waals surface area contributed by atoms with Crippen molar-refractivity contribution in [2.24, 2.45) is 0 Å². The van der Waals surface area contributed by atoms with E-state index in [2.05, 4.69) is 0 Å². The third-order valence-corrected chi connectivity index (χ3v) is 3.19. The Hall–Kier alpha value is -0.200. The number of hydrogen-bond acceptors (Lipinski definition) is 4. The summed E-state index contributed by atoms with van der Waals surface area (Å²) in [6.07, 6.45) is 2.53. The maximum Gasteiger partial charge on any atom is 0.168 e. The van der Waals surface area contributed by atoms with Gasteiger partial charge in [0, 0.05) is 26.6 Å². The second-order valence-electron chi connectivity index (χ2n) is 4.16. The minimum absolute atomic E-state index is 0.318. The van der Waals surface area contributed by atoms with Crippen LogP contribution < -0.4 is 5.48 Å². The summed E-state index contributed by atoms with van der Waals surface area (Å²) in [6, 6.07) is 0. The largest absolute Gasteiger partial charge is 0.384 e. The fourth-order valence-electron chi connectivity index (χ4n) is 2.14. The second-order valence-corrected chi connectivity index (χ2v) is 4.16. The molecule has 1 aliphatic carbocycles. The predicted octanol–water partition coefficient (Wildman–Crippen LogP) is -0.377. The Kier molecular flexibility index (Phi) is 4.48. The van der Waals surface area contributed by atoms with E-state index in [0.29, 0.717) is 38.8 Å². The van der Waals surface area contributed by atoms with Crippen LogP contribution in [0, 0.1) is 0 Å². The van der Waals surface area contributed by atoms with E-state index in [4.69, 9.17) is 14.7 Å². The molecule has 0 amide bonds. The molecule has 0 aromatic carbocycles. The Morgan fingerprint density at radius 3 is 2.27 bits per heavy atom. The van der Waals surface area contributed by atoms with Crippen molar-refractivity contribution < 1.29 is 25.3 Å². The maximum absolute atomic E-state index is 10.1. The van der Waals surface area contributed by atoms with Crippen LogP contribution in [0.5, 0.6) is 0 Å². The van der Waals surface area contributed by atoms with Crippen LogP contribution in [0.4, 0.5) is 0 Å². The molecule has 4 N–H and O–H groups in total. The van der Waals surface area contributed by atoms with Crippen molar-refractivity contribution in [3.63, 3.8) is 0 Å². The van der Waals surface area contributed by atoms with Gasteiger partial charge < -0.3 is 14.6 Å². The highest BCUT2D eigenvalue weighted by molar-refractivity contribution is 4.89. The molecule has 0 unspecified atom stereocenters. The van der Waals surface area contributed by atoms with Gasteiger partial charge >= 0.3 is 0 Å². The molecule has 1 rings (SSSR count). The van der Waals surface area contributed by atoms with Gasteiger partial charge in [0.2, 0.25) is 0 Å². The summed E-state index contributed by atoms with van der Waals surface area (Å²) in [7, 11) is 1.64. The van der Waals surface area contributed by atoms with Crippen LogP contribution in [-0.4, -0.2) is 42.0 Å². The van der Waals surface area contributed by atoms with E-state index in [-0.39, 0.29) is 0 Å². The summed E-state index contributed by atoms with van der Waals surface area (Å²) in [5.74, 6) is -0.531. The van der Waals surface area contributed by atoms with E-state index >= 15 is 0 Å². The quantitative estimate of drug-likeness (QED) is 0.436. The third kappa shape index (κ3) is 3.12. The first kappa shape index (κ1) is 12.9. The van der Waals surface area contributed by atoms with Crippen LogP contribution in [0.2, 0.25) is 0 Å². The van der Waals surface area contributed by atoms with Gasteiger partial charge in [0.05, 0.1) is 0 Å². The van der Waals surface area contributed by atoms with Crippen molar-refractivity contribution in [1.82, 2.24) is 0 Å². The van der Waals surface area contributed by atoms with Crippen molar-refractivity contribution >= 4 is 0 Å². The zero-order chi connectivity index (χ0) is 11.4. The van der Waals surface area contributed by atoms with E-state index in [1.165, 1.54) is 0 Å². The molecule has 0 spiro atoms. The van der Waals surface area contributed by atoms with Gasteiger partial charge in [-0.05, 0) is 19.8 Å². The molecule has 0 atom stereocenters. The third-order valence-electron chi connectivity index (χ3n) is 3.19. The summed E-state index contributed by atoms with van der Waals surface area (Å²) in [5.41, 5.74) is 0.244. The zero-order valence-corrected chi connectivity index (χ0v) is 9.53. The topological polar surface area (TPSA) is 75.5 Å². The molecule has 1 saturated carbocycles. The first-order chi connectivity index (χ1) is 7.10. The first-order valence-electron chi connectivity index (χ1n) is 5.47. The molecule has 5 heteroatoms. The Morgan fingerprint density at radius 1 is 1.27 bits per heavy atom. The molecule has 15 heavy (non-hydrogen) atoms. The van der Waals surface area contributed by atoms with Crippen molar-refractivity contribution in [1.29, 1.82) is 0 Å². The minimum Gasteiger partial charge on any atom is -0.384 e. The molecule has 0 heterocycles. The predicted molar refractivity (Wildman–Crippen MR) is 53.4 cm³/mol. The zero-order valence-electron chi connectivity index (χ0n) is 9.53. The summed E-state index contributed by atoms with van der Waals surface area (Å²) >= 11 is 0. The first-order valence-corrected chi connectivity index (χ1v) is 5.47. The SMILES string of the molecule is CCOC1(OC)CCC(O)(C[NH2+]O)CC1. The second kappa shape index (κ2) is 5.23. The summed E-state index contributed by atoms with van der Waals surface area (Å²) in [6.45, 7) is 2.86.